The highest BCUT2D eigenvalue weighted by Crippen LogP contribution is 2.37. The van der Waals surface area contributed by atoms with E-state index in [-0.39, 0.29) is 11.5 Å². The summed E-state index contributed by atoms with van der Waals surface area (Å²) in [7, 11) is 0. The van der Waals surface area contributed by atoms with E-state index in [0.717, 1.165) is 23.9 Å². The maximum absolute atomic E-state index is 12.5. The first-order valence-electron chi connectivity index (χ1n) is 7.71. The van der Waals surface area contributed by atoms with Gasteiger partial charge in [0.25, 0.3) is 5.69 Å². The van der Waals surface area contributed by atoms with Crippen molar-refractivity contribution in [2.75, 3.05) is 0 Å². The van der Waals surface area contributed by atoms with Crippen LogP contribution in [0, 0.1) is 17.0 Å². The average Bonchev–Trinajstić information content (AvgIpc) is 2.92. The number of fused-ring (bicyclic) bond motifs is 3. The van der Waals surface area contributed by atoms with Gasteiger partial charge in [0.05, 0.1) is 16.0 Å². The fraction of sp³-hybridized carbons (Fsp3) is 0.235. The maximum atomic E-state index is 12.5. The lowest BCUT2D eigenvalue weighted by Gasteiger charge is -2.14. The predicted octanol–water partition coefficient (Wildman–Crippen LogP) is 3.16. The molecule has 0 spiro atoms. The maximum Gasteiger partial charge on any atom is 0.274 e. The Morgan fingerprint density at radius 3 is 2.67 bits per heavy atom. The summed E-state index contributed by atoms with van der Waals surface area (Å²) in [6, 6.07) is 4.85. The molecule has 2 heterocycles. The Balaban J connectivity index is 2.18. The fourth-order valence-corrected chi connectivity index (χ4v) is 3.50. The number of ketones is 1. The standard InChI is InChI=1S/C17H14N4O3/c1-10-12(21(23)24)7-6-11-15-13(4-2-5-14(15)22)20(16(10)11)17-18-8-3-9-19-17/h3,6-9H,2,4-5H2,1H3. The van der Waals surface area contributed by atoms with Crippen LogP contribution >= 0.6 is 0 Å². The Labute approximate surface area is 137 Å². The molecule has 0 amide bonds. The van der Waals surface area contributed by atoms with E-state index in [9.17, 15) is 14.9 Å². The van der Waals surface area contributed by atoms with Crippen molar-refractivity contribution in [3.05, 3.63) is 57.5 Å². The predicted molar refractivity (Wildman–Crippen MR) is 87.5 cm³/mol. The Morgan fingerprint density at radius 1 is 1.21 bits per heavy atom. The number of aromatic nitrogens is 3. The van der Waals surface area contributed by atoms with Gasteiger partial charge in [-0.2, -0.15) is 0 Å². The van der Waals surface area contributed by atoms with Crippen LogP contribution in [0.3, 0.4) is 0 Å². The van der Waals surface area contributed by atoms with E-state index in [2.05, 4.69) is 9.97 Å². The van der Waals surface area contributed by atoms with Gasteiger partial charge in [-0.25, -0.2) is 9.97 Å². The molecule has 7 nitrogen and oxygen atoms in total. The summed E-state index contributed by atoms with van der Waals surface area (Å²) in [5, 5.41) is 12.1. The Kier molecular flexibility index (Phi) is 3.16. The third kappa shape index (κ3) is 1.94. The molecule has 4 rings (SSSR count). The molecule has 0 unspecified atom stereocenters. The van der Waals surface area contributed by atoms with E-state index in [1.807, 2.05) is 4.57 Å². The number of carbonyl (C=O) groups excluding carboxylic acids is 1. The Morgan fingerprint density at radius 2 is 1.96 bits per heavy atom. The highest BCUT2D eigenvalue weighted by molar-refractivity contribution is 6.11. The number of aryl methyl sites for hydroxylation is 1. The number of hydrogen-bond acceptors (Lipinski definition) is 5. The number of benzene rings is 1. The lowest BCUT2D eigenvalue weighted by atomic mass is 9.94. The molecule has 0 N–H and O–H groups in total. The molecule has 0 saturated carbocycles. The zero-order valence-electron chi connectivity index (χ0n) is 13.0. The van der Waals surface area contributed by atoms with Crippen molar-refractivity contribution in [3.63, 3.8) is 0 Å². The van der Waals surface area contributed by atoms with Gasteiger partial charge in [0.1, 0.15) is 0 Å². The second-order valence-corrected chi connectivity index (χ2v) is 5.85. The molecular weight excluding hydrogens is 308 g/mol. The molecule has 1 aliphatic carbocycles. The third-order valence-electron chi connectivity index (χ3n) is 4.50. The molecule has 1 aliphatic rings. The molecule has 0 aliphatic heterocycles. The summed E-state index contributed by atoms with van der Waals surface area (Å²) in [5.74, 6) is 0.506. The molecule has 3 aromatic rings. The van der Waals surface area contributed by atoms with Crippen molar-refractivity contribution in [3.8, 4) is 5.95 Å². The van der Waals surface area contributed by atoms with Crippen LogP contribution in [0.4, 0.5) is 5.69 Å². The van der Waals surface area contributed by atoms with Crippen molar-refractivity contribution in [1.82, 2.24) is 14.5 Å². The molecule has 0 atom stereocenters. The highest BCUT2D eigenvalue weighted by atomic mass is 16.6. The zero-order valence-corrected chi connectivity index (χ0v) is 13.0. The van der Waals surface area contributed by atoms with Gasteiger partial charge in [-0.3, -0.25) is 19.5 Å². The Hall–Kier alpha value is -3.09. The summed E-state index contributed by atoms with van der Waals surface area (Å²) in [4.78, 5) is 32.0. The smallest absolute Gasteiger partial charge is 0.274 e. The largest absolute Gasteiger partial charge is 0.294 e. The quantitative estimate of drug-likeness (QED) is 0.534. The zero-order chi connectivity index (χ0) is 16.8. The van der Waals surface area contributed by atoms with Crippen molar-refractivity contribution in [2.24, 2.45) is 0 Å². The molecule has 1 aromatic carbocycles. The van der Waals surface area contributed by atoms with E-state index in [0.29, 0.717) is 29.0 Å². The second-order valence-electron chi connectivity index (χ2n) is 5.85. The van der Waals surface area contributed by atoms with Crippen LogP contribution in [0.5, 0.6) is 0 Å². The molecular formula is C17H14N4O3. The first kappa shape index (κ1) is 14.5. The molecule has 0 radical (unpaired) electrons. The van der Waals surface area contributed by atoms with Crippen LogP contribution in [0.15, 0.2) is 30.6 Å². The monoisotopic (exact) mass is 322 g/mol. The van der Waals surface area contributed by atoms with Crippen molar-refractivity contribution in [2.45, 2.75) is 26.2 Å². The molecule has 24 heavy (non-hydrogen) atoms. The van der Waals surface area contributed by atoms with Gasteiger partial charge in [0, 0.05) is 41.5 Å². The minimum Gasteiger partial charge on any atom is -0.294 e. The van der Waals surface area contributed by atoms with E-state index in [1.165, 1.54) is 6.07 Å². The number of nitrogens with zero attached hydrogens (tertiary/aromatic N) is 4. The minimum atomic E-state index is -0.404. The Bertz CT molecular complexity index is 992. The topological polar surface area (TPSA) is 90.9 Å². The van der Waals surface area contributed by atoms with Gasteiger partial charge >= 0.3 is 0 Å². The fourth-order valence-electron chi connectivity index (χ4n) is 3.50. The van der Waals surface area contributed by atoms with Crippen molar-refractivity contribution >= 4 is 22.4 Å². The van der Waals surface area contributed by atoms with Crippen molar-refractivity contribution in [1.29, 1.82) is 0 Å². The van der Waals surface area contributed by atoms with Crippen LogP contribution in [0.2, 0.25) is 0 Å². The first-order chi connectivity index (χ1) is 11.6. The summed E-state index contributed by atoms with van der Waals surface area (Å²) in [5.41, 5.74) is 2.70. The van der Waals surface area contributed by atoms with Crippen LogP contribution in [-0.4, -0.2) is 25.2 Å². The summed E-state index contributed by atoms with van der Waals surface area (Å²) >= 11 is 0. The van der Waals surface area contributed by atoms with Gasteiger partial charge in [0.2, 0.25) is 5.95 Å². The van der Waals surface area contributed by atoms with Gasteiger partial charge in [0.15, 0.2) is 5.78 Å². The SMILES string of the molecule is Cc1c([N+](=O)[O-])ccc2c3c(n(-c4ncccn4)c12)CCCC3=O. The lowest BCUT2D eigenvalue weighted by molar-refractivity contribution is -0.385. The summed E-state index contributed by atoms with van der Waals surface area (Å²) in [6.07, 6.45) is 5.23. The van der Waals surface area contributed by atoms with Gasteiger partial charge in [-0.1, -0.05) is 0 Å². The molecule has 120 valence electrons. The van der Waals surface area contributed by atoms with Crippen LogP contribution in [-0.2, 0) is 6.42 Å². The third-order valence-corrected chi connectivity index (χ3v) is 4.50. The number of carbonyl (C=O) groups is 1. The number of nitro groups is 1. The van der Waals surface area contributed by atoms with E-state index in [1.54, 1.807) is 31.5 Å². The molecule has 7 heteroatoms. The van der Waals surface area contributed by atoms with E-state index in [4.69, 9.17) is 0 Å². The van der Waals surface area contributed by atoms with Crippen LogP contribution in [0.1, 0.15) is 34.5 Å². The normalized spacial score (nSPS) is 14.0. The van der Waals surface area contributed by atoms with Gasteiger partial charge < -0.3 is 0 Å². The second kappa shape index (κ2) is 5.23. The van der Waals surface area contributed by atoms with E-state index >= 15 is 0 Å². The molecule has 2 aromatic heterocycles. The number of hydrogen-bond donors (Lipinski definition) is 0. The molecule has 0 bridgehead atoms. The summed E-state index contributed by atoms with van der Waals surface area (Å²) in [6.45, 7) is 1.70. The summed E-state index contributed by atoms with van der Waals surface area (Å²) < 4.78 is 1.81. The van der Waals surface area contributed by atoms with Crippen molar-refractivity contribution < 1.29 is 9.72 Å². The number of nitro benzene ring substituents is 1. The number of rotatable bonds is 2. The highest BCUT2D eigenvalue weighted by Gasteiger charge is 2.30. The molecule has 0 saturated heterocycles. The van der Waals surface area contributed by atoms with Gasteiger partial charge in [-0.05, 0) is 31.9 Å². The lowest BCUT2D eigenvalue weighted by Crippen LogP contribution is -2.13. The van der Waals surface area contributed by atoms with Crippen LogP contribution in [0.25, 0.3) is 16.9 Å². The van der Waals surface area contributed by atoms with Crippen LogP contribution < -0.4 is 0 Å². The first-order valence-corrected chi connectivity index (χ1v) is 7.71. The van der Waals surface area contributed by atoms with Gasteiger partial charge in [-0.15, -0.1) is 0 Å². The minimum absolute atomic E-state index is 0.0296. The van der Waals surface area contributed by atoms with E-state index < -0.39 is 4.92 Å². The average molecular weight is 322 g/mol. The molecule has 0 fully saturated rings. The number of Topliss-reactive ketones (excluding diaryl/α,β-unsaturated/α-hetero) is 1.